The molecule has 0 saturated carbocycles. The van der Waals surface area contributed by atoms with Gasteiger partial charge in [-0.25, -0.2) is 9.97 Å². The van der Waals surface area contributed by atoms with Gasteiger partial charge in [-0.1, -0.05) is 41.3 Å². The fourth-order valence-corrected chi connectivity index (χ4v) is 5.53. The van der Waals surface area contributed by atoms with Gasteiger partial charge in [0.15, 0.2) is 10.7 Å². The average Bonchev–Trinajstić information content (AvgIpc) is 3.49. The number of anilines is 1. The average molecular weight is 457 g/mol. The third-order valence-electron chi connectivity index (χ3n) is 4.64. The molecule has 0 aliphatic carbocycles. The molecule has 1 N–H and O–H groups in total. The van der Waals surface area contributed by atoms with E-state index in [9.17, 15) is 9.59 Å². The van der Waals surface area contributed by atoms with Crippen LogP contribution in [0, 0.1) is 0 Å². The number of benzene rings is 1. The monoisotopic (exact) mass is 456 g/mol. The van der Waals surface area contributed by atoms with E-state index in [1.54, 1.807) is 6.07 Å². The van der Waals surface area contributed by atoms with Crippen LogP contribution in [0.1, 0.15) is 20.2 Å². The number of nitrogens with one attached hydrogen (secondary N) is 1. The number of carbonyl (C=O) groups excluding carboxylic acids is 2. The summed E-state index contributed by atoms with van der Waals surface area (Å²) < 4.78 is 5.67. The topological polar surface area (TPSA) is 88.3 Å². The van der Waals surface area contributed by atoms with Crippen molar-refractivity contribution in [3.05, 3.63) is 57.2 Å². The van der Waals surface area contributed by atoms with E-state index in [0.717, 1.165) is 21.7 Å². The van der Waals surface area contributed by atoms with Gasteiger partial charge in [0.2, 0.25) is 5.91 Å². The summed E-state index contributed by atoms with van der Waals surface area (Å²) in [6.45, 7) is 1.12. The highest BCUT2D eigenvalue weighted by molar-refractivity contribution is 7.99. The van der Waals surface area contributed by atoms with Crippen LogP contribution in [-0.2, 0) is 17.8 Å². The number of thioether (sulfide) groups is 1. The number of hydrogen-bond donors (Lipinski definition) is 1. The molecule has 30 heavy (non-hydrogen) atoms. The molecular formula is C20H16N4O3S3. The van der Waals surface area contributed by atoms with Crippen LogP contribution >= 0.6 is 34.4 Å². The van der Waals surface area contributed by atoms with Crippen LogP contribution < -0.4 is 5.32 Å². The van der Waals surface area contributed by atoms with Crippen molar-refractivity contribution in [3.63, 3.8) is 0 Å². The molecule has 0 radical (unpaired) electrons. The molecule has 7 nitrogen and oxygen atoms in total. The molecule has 0 unspecified atom stereocenters. The van der Waals surface area contributed by atoms with Crippen molar-refractivity contribution in [2.24, 2.45) is 0 Å². The molecular weight excluding hydrogens is 440 g/mol. The van der Waals surface area contributed by atoms with E-state index in [-0.39, 0.29) is 17.6 Å². The van der Waals surface area contributed by atoms with Crippen molar-refractivity contribution in [2.45, 2.75) is 18.2 Å². The molecule has 1 aliphatic heterocycles. The fraction of sp³-hybridized carbons (Fsp3) is 0.200. The Hall–Kier alpha value is -2.69. The van der Waals surface area contributed by atoms with E-state index in [4.69, 9.17) is 4.42 Å². The van der Waals surface area contributed by atoms with Gasteiger partial charge >= 0.3 is 0 Å². The lowest BCUT2D eigenvalue weighted by molar-refractivity contribution is -0.129. The molecule has 0 saturated heterocycles. The van der Waals surface area contributed by atoms with E-state index in [1.165, 1.54) is 34.4 Å². The van der Waals surface area contributed by atoms with Gasteiger partial charge in [0.25, 0.3) is 11.1 Å². The van der Waals surface area contributed by atoms with Crippen molar-refractivity contribution in [2.75, 3.05) is 17.6 Å². The molecule has 2 amide bonds. The molecule has 3 aromatic heterocycles. The summed E-state index contributed by atoms with van der Waals surface area (Å²) in [7, 11) is 0. The van der Waals surface area contributed by atoms with Crippen molar-refractivity contribution in [1.82, 2.24) is 14.9 Å². The second kappa shape index (κ2) is 8.21. The van der Waals surface area contributed by atoms with Gasteiger partial charge in [-0.05, 0) is 23.6 Å². The summed E-state index contributed by atoms with van der Waals surface area (Å²) in [6.07, 6.45) is 0.681. The SMILES string of the molecule is O=C(Nc1nc2c(s1)CN(C(=O)CSc1nc3ccccc3o1)CC2)c1cccs1. The first-order valence-electron chi connectivity index (χ1n) is 9.25. The Labute approximate surface area is 184 Å². The van der Waals surface area contributed by atoms with E-state index >= 15 is 0 Å². The minimum atomic E-state index is -0.154. The number of aromatic nitrogens is 2. The van der Waals surface area contributed by atoms with Gasteiger partial charge in [-0.15, -0.1) is 11.3 Å². The third-order valence-corrected chi connectivity index (χ3v) is 7.32. The number of oxazole rings is 1. The largest absolute Gasteiger partial charge is 0.431 e. The molecule has 0 atom stereocenters. The molecule has 4 aromatic rings. The van der Waals surface area contributed by atoms with Crippen LogP contribution in [0.4, 0.5) is 5.13 Å². The number of thiophene rings is 1. The maximum absolute atomic E-state index is 12.7. The van der Waals surface area contributed by atoms with Crippen LogP contribution in [0.15, 0.2) is 51.4 Å². The quantitative estimate of drug-likeness (QED) is 0.451. The third kappa shape index (κ3) is 3.98. The van der Waals surface area contributed by atoms with Crippen LogP contribution in [-0.4, -0.2) is 39.0 Å². The summed E-state index contributed by atoms with van der Waals surface area (Å²) >= 11 is 4.12. The van der Waals surface area contributed by atoms with Crippen molar-refractivity contribution < 1.29 is 14.0 Å². The smallest absolute Gasteiger partial charge is 0.267 e. The minimum absolute atomic E-state index is 0.0328. The Kier molecular flexibility index (Phi) is 5.28. The zero-order valence-electron chi connectivity index (χ0n) is 15.7. The van der Waals surface area contributed by atoms with Crippen molar-refractivity contribution >= 4 is 62.5 Å². The molecule has 0 bridgehead atoms. The predicted octanol–water partition coefficient (Wildman–Crippen LogP) is 4.28. The highest BCUT2D eigenvalue weighted by Crippen LogP contribution is 2.30. The number of rotatable bonds is 5. The lowest BCUT2D eigenvalue weighted by atomic mass is 10.2. The number of nitrogens with zero attached hydrogens (tertiary/aromatic N) is 3. The normalized spacial score (nSPS) is 13.4. The predicted molar refractivity (Wildman–Crippen MR) is 118 cm³/mol. The first kappa shape index (κ1) is 19.3. The number of para-hydroxylation sites is 2. The van der Waals surface area contributed by atoms with Gasteiger partial charge in [0.1, 0.15) is 5.52 Å². The molecule has 1 aromatic carbocycles. The number of amides is 2. The van der Waals surface area contributed by atoms with Crippen LogP contribution in [0.25, 0.3) is 11.1 Å². The standard InChI is InChI=1S/C20H16N4O3S3/c25-17(11-29-20-22-12-4-1-2-5-14(12)27-20)24-8-7-13-16(10-24)30-19(21-13)23-18(26)15-6-3-9-28-15/h1-6,9H,7-8,10-11H2,(H,21,23,26). The highest BCUT2D eigenvalue weighted by atomic mass is 32.2. The number of carbonyl (C=O) groups is 2. The second-order valence-electron chi connectivity index (χ2n) is 6.62. The van der Waals surface area contributed by atoms with Crippen LogP contribution in [0.2, 0.25) is 0 Å². The number of hydrogen-bond acceptors (Lipinski definition) is 8. The zero-order chi connectivity index (χ0) is 20.5. The summed E-state index contributed by atoms with van der Waals surface area (Å²) in [4.78, 5) is 37.3. The number of fused-ring (bicyclic) bond motifs is 2. The molecule has 1 aliphatic rings. The van der Waals surface area contributed by atoms with Gasteiger partial charge in [0, 0.05) is 17.8 Å². The molecule has 5 rings (SSSR count). The maximum atomic E-state index is 12.7. The Morgan fingerprint density at radius 3 is 2.93 bits per heavy atom. The first-order chi connectivity index (χ1) is 14.7. The maximum Gasteiger partial charge on any atom is 0.267 e. The fourth-order valence-electron chi connectivity index (χ4n) is 3.16. The van der Waals surface area contributed by atoms with Gasteiger partial charge in [-0.2, -0.15) is 0 Å². The van der Waals surface area contributed by atoms with E-state index in [1.807, 2.05) is 40.6 Å². The lowest BCUT2D eigenvalue weighted by Crippen LogP contribution is -2.36. The zero-order valence-corrected chi connectivity index (χ0v) is 18.1. The minimum Gasteiger partial charge on any atom is -0.431 e. The summed E-state index contributed by atoms with van der Waals surface area (Å²) in [5, 5.41) is 5.80. The Bertz CT molecular complexity index is 1180. The van der Waals surface area contributed by atoms with Gasteiger partial charge in [0.05, 0.1) is 22.9 Å². The summed E-state index contributed by atoms with van der Waals surface area (Å²) in [5.41, 5.74) is 2.46. The number of thiazole rings is 1. The molecule has 10 heteroatoms. The second-order valence-corrected chi connectivity index (χ2v) is 9.58. The van der Waals surface area contributed by atoms with Crippen molar-refractivity contribution in [3.8, 4) is 0 Å². The van der Waals surface area contributed by atoms with Crippen LogP contribution in [0.3, 0.4) is 0 Å². The van der Waals surface area contributed by atoms with Gasteiger partial charge in [-0.3, -0.25) is 14.9 Å². The highest BCUT2D eigenvalue weighted by Gasteiger charge is 2.25. The molecule has 0 fully saturated rings. The Balaban J connectivity index is 1.20. The Morgan fingerprint density at radius 2 is 2.10 bits per heavy atom. The van der Waals surface area contributed by atoms with E-state index in [0.29, 0.717) is 34.7 Å². The molecule has 0 spiro atoms. The Morgan fingerprint density at radius 1 is 1.20 bits per heavy atom. The van der Waals surface area contributed by atoms with E-state index in [2.05, 4.69) is 15.3 Å². The van der Waals surface area contributed by atoms with Gasteiger partial charge < -0.3 is 9.32 Å². The van der Waals surface area contributed by atoms with Crippen molar-refractivity contribution in [1.29, 1.82) is 0 Å². The molecule has 152 valence electrons. The van der Waals surface area contributed by atoms with Crippen LogP contribution in [0.5, 0.6) is 0 Å². The summed E-state index contributed by atoms with van der Waals surface area (Å²) in [6, 6.07) is 11.2. The first-order valence-corrected chi connectivity index (χ1v) is 11.9. The van der Waals surface area contributed by atoms with E-state index < -0.39 is 0 Å². The molecule has 4 heterocycles. The lowest BCUT2D eigenvalue weighted by Gasteiger charge is -2.25. The summed E-state index contributed by atoms with van der Waals surface area (Å²) in [5.74, 6) is 0.146.